The molecular weight excluding hydrogens is 422 g/mol. The Kier molecular flexibility index (Phi) is 5.50. The molecule has 0 saturated carbocycles. The number of sulfonamides is 1. The summed E-state index contributed by atoms with van der Waals surface area (Å²) >= 11 is 3.37. The number of benzene rings is 1. The van der Waals surface area contributed by atoms with Crippen LogP contribution in [0.25, 0.3) is 0 Å². The van der Waals surface area contributed by atoms with Crippen molar-refractivity contribution < 1.29 is 17.7 Å². The van der Waals surface area contributed by atoms with Gasteiger partial charge in [0, 0.05) is 23.6 Å². The van der Waals surface area contributed by atoms with E-state index in [0.29, 0.717) is 42.9 Å². The average Bonchev–Trinajstić information content (AvgIpc) is 2.95. The molecule has 9 heteroatoms. The van der Waals surface area contributed by atoms with Gasteiger partial charge in [-0.25, -0.2) is 8.42 Å². The Morgan fingerprint density at radius 1 is 1.27 bits per heavy atom. The summed E-state index contributed by atoms with van der Waals surface area (Å²) in [6.07, 6.45) is 1.11. The predicted octanol–water partition coefficient (Wildman–Crippen LogP) is 2.64. The Morgan fingerprint density at radius 3 is 2.50 bits per heavy atom. The molecule has 0 unspecified atom stereocenters. The lowest BCUT2D eigenvalue weighted by molar-refractivity contribution is 0.0923. The van der Waals surface area contributed by atoms with Gasteiger partial charge >= 0.3 is 0 Å². The summed E-state index contributed by atoms with van der Waals surface area (Å²) in [5, 5.41) is 6.72. The molecule has 1 fully saturated rings. The van der Waals surface area contributed by atoms with Crippen molar-refractivity contribution in [3.63, 3.8) is 0 Å². The Balaban J connectivity index is 1.64. The molecule has 0 spiro atoms. The number of amides is 1. The number of nitrogens with one attached hydrogen (secondary N) is 1. The molecule has 1 aromatic heterocycles. The van der Waals surface area contributed by atoms with Crippen LogP contribution < -0.4 is 5.32 Å². The van der Waals surface area contributed by atoms with Gasteiger partial charge in [0.1, 0.15) is 10.6 Å². The minimum absolute atomic E-state index is 0.0641. The van der Waals surface area contributed by atoms with Gasteiger partial charge in [-0.05, 0) is 54.8 Å². The van der Waals surface area contributed by atoms with Crippen molar-refractivity contribution in [1.82, 2.24) is 14.8 Å². The van der Waals surface area contributed by atoms with Crippen LogP contribution in [-0.4, -0.2) is 42.9 Å². The van der Waals surface area contributed by atoms with E-state index in [1.54, 1.807) is 26.0 Å². The third-order valence-electron chi connectivity index (χ3n) is 4.47. The first kappa shape index (κ1) is 19.1. The average molecular weight is 442 g/mol. The van der Waals surface area contributed by atoms with Gasteiger partial charge in [-0.15, -0.1) is 0 Å². The summed E-state index contributed by atoms with van der Waals surface area (Å²) in [5.41, 5.74) is 0.935. The van der Waals surface area contributed by atoms with Gasteiger partial charge < -0.3 is 9.84 Å². The molecule has 1 saturated heterocycles. The van der Waals surface area contributed by atoms with Gasteiger partial charge in [-0.2, -0.15) is 4.31 Å². The number of aryl methyl sites for hydroxylation is 2. The zero-order chi connectivity index (χ0) is 18.9. The van der Waals surface area contributed by atoms with Crippen LogP contribution in [-0.2, 0) is 10.0 Å². The second-order valence-corrected chi connectivity index (χ2v) is 9.01. The number of hydrogen-bond donors (Lipinski definition) is 1. The van der Waals surface area contributed by atoms with Crippen molar-refractivity contribution >= 4 is 31.9 Å². The topological polar surface area (TPSA) is 92.5 Å². The SMILES string of the molecule is Cc1noc(C)c1S(=O)(=O)N1CCC(NC(=O)c2ccccc2Br)CC1. The minimum Gasteiger partial charge on any atom is -0.360 e. The molecule has 0 radical (unpaired) electrons. The number of hydrogen-bond acceptors (Lipinski definition) is 5. The molecule has 1 aromatic carbocycles. The minimum atomic E-state index is -3.63. The van der Waals surface area contributed by atoms with Crippen LogP contribution >= 0.6 is 15.9 Å². The van der Waals surface area contributed by atoms with Crippen LogP contribution in [0.15, 0.2) is 38.2 Å². The van der Waals surface area contributed by atoms with Crippen LogP contribution in [0.4, 0.5) is 0 Å². The van der Waals surface area contributed by atoms with Crippen LogP contribution in [0.5, 0.6) is 0 Å². The monoisotopic (exact) mass is 441 g/mol. The van der Waals surface area contributed by atoms with Gasteiger partial charge in [-0.3, -0.25) is 4.79 Å². The third kappa shape index (κ3) is 3.70. The first-order valence-corrected chi connectivity index (χ1v) is 10.5. The van der Waals surface area contributed by atoms with Crippen LogP contribution in [0.2, 0.25) is 0 Å². The highest BCUT2D eigenvalue weighted by molar-refractivity contribution is 9.10. The number of aromatic nitrogens is 1. The quantitative estimate of drug-likeness (QED) is 0.786. The number of piperidine rings is 1. The molecule has 0 atom stereocenters. The van der Waals surface area contributed by atoms with Crippen molar-refractivity contribution in [1.29, 1.82) is 0 Å². The summed E-state index contributed by atoms with van der Waals surface area (Å²) in [5.74, 6) is 0.136. The second-order valence-electron chi connectivity index (χ2n) is 6.28. The highest BCUT2D eigenvalue weighted by Crippen LogP contribution is 2.26. The van der Waals surface area contributed by atoms with E-state index in [4.69, 9.17) is 4.52 Å². The lowest BCUT2D eigenvalue weighted by atomic mass is 10.1. The molecule has 1 aliphatic rings. The van der Waals surface area contributed by atoms with Gasteiger partial charge in [0.05, 0.1) is 5.56 Å². The fourth-order valence-corrected chi connectivity index (χ4v) is 5.35. The number of halogens is 1. The van der Waals surface area contributed by atoms with E-state index in [9.17, 15) is 13.2 Å². The third-order valence-corrected chi connectivity index (χ3v) is 7.31. The summed E-state index contributed by atoms with van der Waals surface area (Å²) in [6, 6.07) is 7.15. The fourth-order valence-electron chi connectivity index (χ4n) is 3.12. The number of nitrogens with zero attached hydrogens (tertiary/aromatic N) is 2. The molecule has 140 valence electrons. The summed E-state index contributed by atoms with van der Waals surface area (Å²) in [6.45, 7) is 3.90. The molecule has 3 rings (SSSR count). The van der Waals surface area contributed by atoms with Crippen molar-refractivity contribution in [3.8, 4) is 0 Å². The van der Waals surface area contributed by atoms with Gasteiger partial charge in [0.25, 0.3) is 5.91 Å². The maximum atomic E-state index is 12.8. The zero-order valence-corrected chi connectivity index (χ0v) is 16.9. The largest absolute Gasteiger partial charge is 0.360 e. The van der Waals surface area contributed by atoms with Crippen molar-refractivity contribution in [2.45, 2.75) is 37.6 Å². The van der Waals surface area contributed by atoms with Gasteiger partial charge in [0.15, 0.2) is 5.76 Å². The summed E-state index contributed by atoms with van der Waals surface area (Å²) in [7, 11) is -3.63. The first-order valence-electron chi connectivity index (χ1n) is 8.29. The standard InChI is InChI=1S/C17H20BrN3O4S/c1-11-16(12(2)25-20-11)26(23,24)21-9-7-13(8-10-21)19-17(22)14-5-3-4-6-15(14)18/h3-6,13H,7-10H2,1-2H3,(H,19,22). The fraction of sp³-hybridized carbons (Fsp3) is 0.412. The van der Waals surface area contributed by atoms with E-state index in [2.05, 4.69) is 26.4 Å². The molecule has 0 bridgehead atoms. The number of carbonyl (C=O) groups excluding carboxylic acids is 1. The van der Waals surface area contributed by atoms with Gasteiger partial charge in [-0.1, -0.05) is 17.3 Å². The van der Waals surface area contributed by atoms with Crippen molar-refractivity contribution in [2.75, 3.05) is 13.1 Å². The van der Waals surface area contributed by atoms with Crippen molar-refractivity contribution in [2.24, 2.45) is 0 Å². The van der Waals surface area contributed by atoms with Crippen LogP contribution in [0, 0.1) is 13.8 Å². The van der Waals surface area contributed by atoms with Crippen LogP contribution in [0.3, 0.4) is 0 Å². The summed E-state index contributed by atoms with van der Waals surface area (Å²) < 4.78 is 32.8. The Hall–Kier alpha value is -1.71. The van der Waals surface area contributed by atoms with E-state index >= 15 is 0 Å². The molecule has 1 N–H and O–H groups in total. The maximum Gasteiger partial charge on any atom is 0.252 e. The molecule has 1 amide bonds. The van der Waals surface area contributed by atoms with E-state index in [1.165, 1.54) is 4.31 Å². The molecular formula is C17H20BrN3O4S. The Morgan fingerprint density at radius 2 is 1.92 bits per heavy atom. The predicted molar refractivity (Wildman–Crippen MR) is 99.4 cm³/mol. The Bertz CT molecular complexity index is 898. The highest BCUT2D eigenvalue weighted by Gasteiger charge is 2.34. The molecule has 2 heterocycles. The number of rotatable bonds is 4. The van der Waals surface area contributed by atoms with E-state index in [-0.39, 0.29) is 16.8 Å². The van der Waals surface area contributed by atoms with Crippen molar-refractivity contribution in [3.05, 3.63) is 45.8 Å². The zero-order valence-electron chi connectivity index (χ0n) is 14.5. The second kappa shape index (κ2) is 7.50. The Labute approximate surface area is 160 Å². The van der Waals surface area contributed by atoms with E-state index in [1.807, 2.05) is 12.1 Å². The van der Waals surface area contributed by atoms with E-state index in [0.717, 1.165) is 4.47 Å². The highest BCUT2D eigenvalue weighted by atomic mass is 79.9. The first-order chi connectivity index (χ1) is 12.3. The molecule has 26 heavy (non-hydrogen) atoms. The summed E-state index contributed by atoms with van der Waals surface area (Å²) in [4.78, 5) is 12.5. The molecule has 0 aliphatic carbocycles. The molecule has 7 nitrogen and oxygen atoms in total. The molecule has 1 aliphatic heterocycles. The smallest absolute Gasteiger partial charge is 0.252 e. The van der Waals surface area contributed by atoms with E-state index < -0.39 is 10.0 Å². The number of carbonyl (C=O) groups is 1. The maximum absolute atomic E-state index is 12.8. The molecule has 2 aromatic rings. The lowest BCUT2D eigenvalue weighted by Crippen LogP contribution is -2.46. The normalized spacial score (nSPS) is 16.6. The lowest BCUT2D eigenvalue weighted by Gasteiger charge is -2.31. The van der Waals surface area contributed by atoms with Gasteiger partial charge in [0.2, 0.25) is 10.0 Å². The van der Waals surface area contributed by atoms with Crippen LogP contribution in [0.1, 0.15) is 34.7 Å².